The number of ether oxygens (including phenoxy) is 1. The van der Waals surface area contributed by atoms with Gasteiger partial charge in [-0.2, -0.15) is 18.4 Å². The highest BCUT2D eigenvalue weighted by atomic mass is 19.4. The van der Waals surface area contributed by atoms with Gasteiger partial charge in [-0.1, -0.05) is 12.1 Å². The van der Waals surface area contributed by atoms with E-state index in [0.717, 1.165) is 50.7 Å². The van der Waals surface area contributed by atoms with Crippen LogP contribution in [0.25, 0.3) is 10.9 Å². The fraction of sp³-hybridized carbons (Fsp3) is 0.385. The Labute approximate surface area is 205 Å². The van der Waals surface area contributed by atoms with Crippen molar-refractivity contribution in [3.63, 3.8) is 0 Å². The lowest BCUT2D eigenvalue weighted by Gasteiger charge is -2.24. The Hall–Kier alpha value is -3.42. The molecule has 1 aliphatic heterocycles. The second kappa shape index (κ2) is 11.1. The van der Waals surface area contributed by atoms with Crippen LogP contribution in [0.2, 0.25) is 0 Å². The summed E-state index contributed by atoms with van der Waals surface area (Å²) in [5, 5.41) is 12.5. The summed E-state index contributed by atoms with van der Waals surface area (Å²) >= 11 is 0. The maximum absolute atomic E-state index is 14.9. The summed E-state index contributed by atoms with van der Waals surface area (Å²) in [5.41, 5.74) is -0.418. The largest absolute Gasteiger partial charge is 0.416 e. The second-order valence-electron chi connectivity index (χ2n) is 8.74. The van der Waals surface area contributed by atoms with Crippen LogP contribution >= 0.6 is 0 Å². The first-order chi connectivity index (χ1) is 17.3. The van der Waals surface area contributed by atoms with Gasteiger partial charge in [0, 0.05) is 39.0 Å². The number of nitriles is 1. The van der Waals surface area contributed by atoms with E-state index in [1.54, 1.807) is 4.57 Å². The van der Waals surface area contributed by atoms with E-state index in [4.69, 9.17) is 4.74 Å². The van der Waals surface area contributed by atoms with Gasteiger partial charge in [0.25, 0.3) is 0 Å². The molecule has 6 nitrogen and oxygen atoms in total. The molecule has 2 aromatic carbocycles. The van der Waals surface area contributed by atoms with E-state index in [-0.39, 0.29) is 23.2 Å². The summed E-state index contributed by atoms with van der Waals surface area (Å²) in [6, 6.07) is 9.08. The molecule has 0 amide bonds. The number of benzene rings is 2. The van der Waals surface area contributed by atoms with Gasteiger partial charge >= 0.3 is 6.18 Å². The molecule has 1 aliphatic rings. The number of anilines is 1. The van der Waals surface area contributed by atoms with Crippen molar-refractivity contribution in [2.75, 3.05) is 44.7 Å². The molecule has 0 spiro atoms. The first kappa shape index (κ1) is 25.7. The van der Waals surface area contributed by atoms with Crippen LogP contribution in [0.1, 0.15) is 29.5 Å². The van der Waals surface area contributed by atoms with Crippen LogP contribution < -0.4 is 10.7 Å². The van der Waals surface area contributed by atoms with Gasteiger partial charge < -0.3 is 14.6 Å². The van der Waals surface area contributed by atoms with Gasteiger partial charge in [0.15, 0.2) is 0 Å². The van der Waals surface area contributed by atoms with E-state index in [9.17, 15) is 27.6 Å². The fourth-order valence-corrected chi connectivity index (χ4v) is 4.27. The van der Waals surface area contributed by atoms with Gasteiger partial charge in [0.05, 0.1) is 28.8 Å². The van der Waals surface area contributed by atoms with Crippen LogP contribution in [0, 0.1) is 17.1 Å². The summed E-state index contributed by atoms with van der Waals surface area (Å²) in [5.74, 6) is -0.619. The Morgan fingerprint density at radius 1 is 1.08 bits per heavy atom. The maximum atomic E-state index is 14.9. The van der Waals surface area contributed by atoms with Crippen LogP contribution in [-0.4, -0.2) is 48.9 Å². The first-order valence-electron chi connectivity index (χ1n) is 11.7. The molecule has 1 saturated heterocycles. The summed E-state index contributed by atoms with van der Waals surface area (Å²) in [6.45, 7) is 4.43. The minimum absolute atomic E-state index is 0.0323. The fourth-order valence-electron chi connectivity index (χ4n) is 4.27. The zero-order valence-electron chi connectivity index (χ0n) is 19.6. The van der Waals surface area contributed by atoms with E-state index >= 15 is 0 Å². The standard InChI is InChI=1S/C26H26F4N4O2/c27-22-13-21-24(14-23(22)32-7-9-33-8-1-2-11-36-12-10-33)34(17-19(15-31)25(21)35)16-18-3-5-20(6-4-18)26(28,29)30/h3-6,13-14,17,32H,1-2,7-12,16H2. The molecular weight excluding hydrogens is 476 g/mol. The first-order valence-corrected chi connectivity index (χ1v) is 11.7. The van der Waals surface area contributed by atoms with Crippen LogP contribution in [0.15, 0.2) is 47.4 Å². The topological polar surface area (TPSA) is 70.3 Å². The summed E-state index contributed by atoms with van der Waals surface area (Å²) in [4.78, 5) is 14.9. The molecule has 0 unspecified atom stereocenters. The van der Waals surface area contributed by atoms with E-state index in [0.29, 0.717) is 30.8 Å². The van der Waals surface area contributed by atoms with Crippen molar-refractivity contribution in [1.29, 1.82) is 5.26 Å². The lowest BCUT2D eigenvalue weighted by atomic mass is 10.1. The van der Waals surface area contributed by atoms with E-state index < -0.39 is 23.0 Å². The molecule has 2 heterocycles. The minimum atomic E-state index is -4.45. The van der Waals surface area contributed by atoms with Gasteiger partial charge in [0.1, 0.15) is 17.4 Å². The average molecular weight is 503 g/mol. The van der Waals surface area contributed by atoms with Crippen molar-refractivity contribution in [3.05, 3.63) is 75.3 Å². The molecule has 4 rings (SSSR count). The van der Waals surface area contributed by atoms with Crippen LogP contribution in [0.5, 0.6) is 0 Å². The number of nitrogens with zero attached hydrogens (tertiary/aromatic N) is 3. The third-order valence-corrected chi connectivity index (χ3v) is 6.23. The Bertz CT molecular complexity index is 1310. The quantitative estimate of drug-likeness (QED) is 0.499. The molecule has 0 aliphatic carbocycles. The van der Waals surface area contributed by atoms with Crippen molar-refractivity contribution in [1.82, 2.24) is 9.47 Å². The van der Waals surface area contributed by atoms with Gasteiger partial charge in [0.2, 0.25) is 5.43 Å². The Morgan fingerprint density at radius 3 is 2.58 bits per heavy atom. The molecular formula is C26H26F4N4O2. The Morgan fingerprint density at radius 2 is 1.86 bits per heavy atom. The summed E-state index contributed by atoms with van der Waals surface area (Å²) < 4.78 is 60.7. The van der Waals surface area contributed by atoms with Gasteiger partial charge in [-0.25, -0.2) is 4.39 Å². The number of aromatic nitrogens is 1. The number of rotatable bonds is 6. The zero-order chi connectivity index (χ0) is 25.7. The van der Waals surface area contributed by atoms with Crippen LogP contribution in [0.3, 0.4) is 0 Å². The molecule has 1 fully saturated rings. The van der Waals surface area contributed by atoms with Gasteiger partial charge in [-0.15, -0.1) is 0 Å². The maximum Gasteiger partial charge on any atom is 0.416 e. The molecule has 190 valence electrons. The second-order valence-corrected chi connectivity index (χ2v) is 8.74. The smallest absolute Gasteiger partial charge is 0.381 e. The highest BCUT2D eigenvalue weighted by Gasteiger charge is 2.30. The van der Waals surface area contributed by atoms with Crippen molar-refractivity contribution >= 4 is 16.6 Å². The predicted octanol–water partition coefficient (Wildman–Crippen LogP) is 4.60. The monoisotopic (exact) mass is 502 g/mol. The lowest BCUT2D eigenvalue weighted by Crippen LogP contribution is -2.34. The summed E-state index contributed by atoms with van der Waals surface area (Å²) in [6.07, 6.45) is -1.06. The molecule has 0 bridgehead atoms. The third kappa shape index (κ3) is 6.04. The zero-order valence-corrected chi connectivity index (χ0v) is 19.6. The number of hydrogen-bond donors (Lipinski definition) is 1. The number of alkyl halides is 3. The Kier molecular flexibility index (Phi) is 7.91. The summed E-state index contributed by atoms with van der Waals surface area (Å²) in [7, 11) is 0. The third-order valence-electron chi connectivity index (χ3n) is 6.23. The number of hydrogen-bond acceptors (Lipinski definition) is 5. The molecule has 36 heavy (non-hydrogen) atoms. The molecule has 0 atom stereocenters. The molecule has 3 aromatic rings. The molecule has 0 saturated carbocycles. The number of nitrogens with one attached hydrogen (secondary N) is 1. The average Bonchev–Trinajstić information content (AvgIpc) is 2.82. The SMILES string of the molecule is N#Cc1cn(Cc2ccc(C(F)(F)F)cc2)c2cc(NCCN3CCCCOCC3)c(F)cc2c1=O. The van der Waals surface area contributed by atoms with Gasteiger partial charge in [-0.05, 0) is 49.2 Å². The number of halogens is 4. The predicted molar refractivity (Wildman–Crippen MR) is 128 cm³/mol. The number of pyridine rings is 1. The highest BCUT2D eigenvalue weighted by Crippen LogP contribution is 2.29. The number of fused-ring (bicyclic) bond motifs is 1. The van der Waals surface area contributed by atoms with Crippen molar-refractivity contribution in [2.24, 2.45) is 0 Å². The lowest BCUT2D eigenvalue weighted by molar-refractivity contribution is -0.137. The van der Waals surface area contributed by atoms with E-state index in [1.165, 1.54) is 24.4 Å². The molecule has 1 N–H and O–H groups in total. The van der Waals surface area contributed by atoms with Crippen molar-refractivity contribution in [2.45, 2.75) is 25.6 Å². The van der Waals surface area contributed by atoms with Crippen LogP contribution in [0.4, 0.5) is 23.2 Å². The van der Waals surface area contributed by atoms with Crippen molar-refractivity contribution < 1.29 is 22.3 Å². The highest BCUT2D eigenvalue weighted by molar-refractivity contribution is 5.84. The van der Waals surface area contributed by atoms with E-state index in [2.05, 4.69) is 10.2 Å². The Balaban J connectivity index is 1.60. The normalized spacial score (nSPS) is 15.3. The van der Waals surface area contributed by atoms with Crippen molar-refractivity contribution in [3.8, 4) is 6.07 Å². The van der Waals surface area contributed by atoms with Crippen LogP contribution in [-0.2, 0) is 17.5 Å². The molecule has 0 radical (unpaired) electrons. The van der Waals surface area contributed by atoms with E-state index in [1.807, 2.05) is 6.07 Å². The molecule has 1 aromatic heterocycles. The minimum Gasteiger partial charge on any atom is -0.381 e. The molecule has 10 heteroatoms. The van der Waals surface area contributed by atoms with Gasteiger partial charge in [-0.3, -0.25) is 9.69 Å².